The molecule has 1 aromatic rings. The Bertz CT molecular complexity index is 282. The molecule has 1 heterocycles. The molecule has 0 aromatic carbocycles. The predicted octanol–water partition coefficient (Wildman–Crippen LogP) is 1.05. The lowest BCUT2D eigenvalue weighted by Crippen LogP contribution is -2.31. The van der Waals surface area contributed by atoms with E-state index in [1.54, 1.807) is 4.68 Å². The number of aryl methyl sites for hydroxylation is 1. The fourth-order valence-corrected chi connectivity index (χ4v) is 1.29. The summed E-state index contributed by atoms with van der Waals surface area (Å²) in [5.41, 5.74) is 0.990. The topological polar surface area (TPSA) is 42.7 Å². The lowest BCUT2D eigenvalue weighted by atomic mass is 10.2. The largest absolute Gasteiger partial charge is 0.310 e. The maximum Gasteiger partial charge on any atom is 0.0964 e. The Balaban J connectivity index is 2.28. The molecular formula is C9H18N4S. The van der Waals surface area contributed by atoms with Gasteiger partial charge < -0.3 is 5.32 Å². The summed E-state index contributed by atoms with van der Waals surface area (Å²) in [6, 6.07) is 0. The third-order valence-electron chi connectivity index (χ3n) is 2.06. The molecule has 0 fully saturated rings. The Morgan fingerprint density at radius 2 is 2.29 bits per heavy atom. The van der Waals surface area contributed by atoms with Gasteiger partial charge in [0.1, 0.15) is 0 Å². The Morgan fingerprint density at radius 1 is 1.57 bits per heavy atom. The summed E-state index contributed by atoms with van der Waals surface area (Å²) < 4.78 is 2.00. The molecule has 0 amide bonds. The van der Waals surface area contributed by atoms with E-state index in [1.807, 2.05) is 25.0 Å². The number of nitrogens with zero attached hydrogens (tertiary/aromatic N) is 3. The minimum atomic E-state index is 0.280. The molecule has 0 aliphatic heterocycles. The molecule has 5 heteroatoms. The molecule has 0 saturated heterocycles. The zero-order valence-corrected chi connectivity index (χ0v) is 10.1. The van der Waals surface area contributed by atoms with Crippen LogP contribution in [0.2, 0.25) is 0 Å². The van der Waals surface area contributed by atoms with Gasteiger partial charge in [-0.2, -0.15) is 11.8 Å². The smallest absolute Gasteiger partial charge is 0.0964 e. The number of nitrogens with one attached hydrogen (secondary N) is 1. The van der Waals surface area contributed by atoms with E-state index in [0.717, 1.165) is 18.8 Å². The van der Waals surface area contributed by atoms with E-state index in [2.05, 4.69) is 35.7 Å². The standard InChI is InChI=1S/C9H18N4S/c1-9(2,14-4)7-10-5-8-6-13(3)12-11-8/h6,10H,5,7H2,1-4H3. The zero-order valence-electron chi connectivity index (χ0n) is 9.24. The van der Waals surface area contributed by atoms with E-state index >= 15 is 0 Å². The van der Waals surface area contributed by atoms with Gasteiger partial charge >= 0.3 is 0 Å². The first-order chi connectivity index (χ1) is 6.53. The van der Waals surface area contributed by atoms with Crippen LogP contribution in [0, 0.1) is 0 Å². The van der Waals surface area contributed by atoms with Gasteiger partial charge in [0.2, 0.25) is 0 Å². The lowest BCUT2D eigenvalue weighted by Gasteiger charge is -2.21. The molecule has 1 aromatic heterocycles. The average Bonchev–Trinajstić information content (AvgIpc) is 2.51. The van der Waals surface area contributed by atoms with Crippen LogP contribution in [0.5, 0.6) is 0 Å². The van der Waals surface area contributed by atoms with Crippen molar-refractivity contribution in [3.8, 4) is 0 Å². The molecule has 0 saturated carbocycles. The molecule has 4 nitrogen and oxygen atoms in total. The second-order valence-electron chi connectivity index (χ2n) is 3.95. The van der Waals surface area contributed by atoms with Crippen LogP contribution in [-0.2, 0) is 13.6 Å². The highest BCUT2D eigenvalue weighted by Gasteiger charge is 2.14. The van der Waals surface area contributed by atoms with Crippen molar-refractivity contribution in [3.05, 3.63) is 11.9 Å². The van der Waals surface area contributed by atoms with Crippen LogP contribution in [0.3, 0.4) is 0 Å². The quantitative estimate of drug-likeness (QED) is 0.795. The van der Waals surface area contributed by atoms with Gasteiger partial charge in [0.05, 0.1) is 5.69 Å². The molecule has 0 atom stereocenters. The van der Waals surface area contributed by atoms with Gasteiger partial charge in [-0.25, -0.2) is 0 Å². The molecule has 0 unspecified atom stereocenters. The van der Waals surface area contributed by atoms with Crippen molar-refractivity contribution >= 4 is 11.8 Å². The van der Waals surface area contributed by atoms with Crippen molar-refractivity contribution in [3.63, 3.8) is 0 Å². The SMILES string of the molecule is CSC(C)(C)CNCc1cn(C)nn1. The normalized spacial score (nSPS) is 12.0. The van der Waals surface area contributed by atoms with Crippen LogP contribution < -0.4 is 5.32 Å². The van der Waals surface area contributed by atoms with Crippen LogP contribution in [0.25, 0.3) is 0 Å². The first-order valence-electron chi connectivity index (χ1n) is 4.64. The second-order valence-corrected chi connectivity index (χ2v) is 5.46. The minimum Gasteiger partial charge on any atom is -0.310 e. The van der Waals surface area contributed by atoms with Crippen LogP contribution in [-0.4, -0.2) is 32.5 Å². The Kier molecular flexibility index (Phi) is 3.95. The molecule has 0 spiro atoms. The number of thioether (sulfide) groups is 1. The van der Waals surface area contributed by atoms with Gasteiger partial charge in [0.15, 0.2) is 0 Å². The fourth-order valence-electron chi connectivity index (χ4n) is 1.04. The first kappa shape index (κ1) is 11.5. The summed E-state index contributed by atoms with van der Waals surface area (Å²) in [5.74, 6) is 0. The predicted molar refractivity (Wildman–Crippen MR) is 60.3 cm³/mol. The van der Waals surface area contributed by atoms with E-state index in [9.17, 15) is 0 Å². The van der Waals surface area contributed by atoms with Crippen molar-refractivity contribution in [2.75, 3.05) is 12.8 Å². The maximum absolute atomic E-state index is 4.00. The second kappa shape index (κ2) is 4.79. The Labute approximate surface area is 89.5 Å². The van der Waals surface area contributed by atoms with Crippen molar-refractivity contribution < 1.29 is 0 Å². The molecule has 0 radical (unpaired) electrons. The third kappa shape index (κ3) is 3.67. The highest BCUT2D eigenvalue weighted by molar-refractivity contribution is 7.99. The van der Waals surface area contributed by atoms with E-state index < -0.39 is 0 Å². The number of hydrogen-bond acceptors (Lipinski definition) is 4. The van der Waals surface area contributed by atoms with E-state index in [-0.39, 0.29) is 4.75 Å². The average molecular weight is 214 g/mol. The van der Waals surface area contributed by atoms with Crippen LogP contribution in [0.4, 0.5) is 0 Å². The van der Waals surface area contributed by atoms with Gasteiger partial charge in [-0.15, -0.1) is 5.10 Å². The minimum absolute atomic E-state index is 0.280. The molecule has 0 aliphatic rings. The Hall–Kier alpha value is -0.550. The molecular weight excluding hydrogens is 196 g/mol. The molecule has 0 bridgehead atoms. The van der Waals surface area contributed by atoms with Crippen LogP contribution >= 0.6 is 11.8 Å². The molecule has 14 heavy (non-hydrogen) atoms. The summed E-state index contributed by atoms with van der Waals surface area (Å²) in [6.45, 7) is 6.21. The molecule has 1 N–H and O–H groups in total. The molecule has 80 valence electrons. The van der Waals surface area contributed by atoms with Crippen molar-refractivity contribution in [1.82, 2.24) is 20.3 Å². The summed E-state index contributed by atoms with van der Waals surface area (Å²) in [5, 5.41) is 11.2. The van der Waals surface area contributed by atoms with E-state index in [1.165, 1.54) is 0 Å². The van der Waals surface area contributed by atoms with Crippen LogP contribution in [0.15, 0.2) is 6.20 Å². The highest BCUT2D eigenvalue weighted by Crippen LogP contribution is 2.19. The number of hydrogen-bond donors (Lipinski definition) is 1. The highest BCUT2D eigenvalue weighted by atomic mass is 32.2. The first-order valence-corrected chi connectivity index (χ1v) is 5.87. The zero-order chi connectivity index (χ0) is 10.6. The number of aromatic nitrogens is 3. The molecule has 1 rings (SSSR count). The van der Waals surface area contributed by atoms with Crippen molar-refractivity contribution in [2.45, 2.75) is 25.1 Å². The van der Waals surface area contributed by atoms with Gasteiger partial charge in [-0.1, -0.05) is 5.21 Å². The maximum atomic E-state index is 4.00. The Morgan fingerprint density at radius 3 is 2.79 bits per heavy atom. The summed E-state index contributed by atoms with van der Waals surface area (Å²) in [4.78, 5) is 0. The number of rotatable bonds is 5. The van der Waals surface area contributed by atoms with E-state index in [0.29, 0.717) is 0 Å². The lowest BCUT2D eigenvalue weighted by molar-refractivity contribution is 0.584. The van der Waals surface area contributed by atoms with E-state index in [4.69, 9.17) is 0 Å². The van der Waals surface area contributed by atoms with Crippen molar-refractivity contribution in [1.29, 1.82) is 0 Å². The van der Waals surface area contributed by atoms with Gasteiger partial charge in [-0.05, 0) is 20.1 Å². The van der Waals surface area contributed by atoms with Crippen molar-refractivity contribution in [2.24, 2.45) is 7.05 Å². The van der Waals surface area contributed by atoms with Crippen LogP contribution in [0.1, 0.15) is 19.5 Å². The van der Waals surface area contributed by atoms with Gasteiger partial charge in [-0.3, -0.25) is 4.68 Å². The molecule has 0 aliphatic carbocycles. The van der Waals surface area contributed by atoms with Gasteiger partial charge in [0, 0.05) is 31.1 Å². The monoisotopic (exact) mass is 214 g/mol. The summed E-state index contributed by atoms with van der Waals surface area (Å²) >= 11 is 1.86. The fraction of sp³-hybridized carbons (Fsp3) is 0.778. The summed E-state index contributed by atoms with van der Waals surface area (Å²) in [7, 11) is 1.88. The summed E-state index contributed by atoms with van der Waals surface area (Å²) in [6.07, 6.45) is 4.06. The van der Waals surface area contributed by atoms with Gasteiger partial charge in [0.25, 0.3) is 0 Å². The third-order valence-corrected chi connectivity index (χ3v) is 3.31.